The second-order valence-electron chi connectivity index (χ2n) is 6.78. The molecule has 0 atom stereocenters. The molecule has 25 heavy (non-hydrogen) atoms. The van der Waals surface area contributed by atoms with Crippen LogP contribution in [0.25, 0.3) is 10.8 Å². The molecule has 0 aliphatic heterocycles. The summed E-state index contributed by atoms with van der Waals surface area (Å²) >= 11 is 3.42. The molecule has 1 heterocycles. The number of aromatic nitrogens is 1. The molecule has 1 aromatic carbocycles. The summed E-state index contributed by atoms with van der Waals surface area (Å²) in [4.78, 5) is 25.6. The quantitative estimate of drug-likeness (QED) is 0.745. The highest BCUT2D eigenvalue weighted by Gasteiger charge is 2.27. The fourth-order valence-corrected chi connectivity index (χ4v) is 3.06. The van der Waals surface area contributed by atoms with Gasteiger partial charge in [0.25, 0.3) is 5.56 Å². The number of amides is 1. The summed E-state index contributed by atoms with van der Waals surface area (Å²) < 4.78 is 21.5. The predicted molar refractivity (Wildman–Crippen MR) is 100 cm³/mol. The van der Waals surface area contributed by atoms with Crippen LogP contribution in [0.4, 0.5) is 9.18 Å². The van der Waals surface area contributed by atoms with Crippen molar-refractivity contribution < 1.29 is 13.9 Å². The summed E-state index contributed by atoms with van der Waals surface area (Å²) in [6.07, 6.45) is -0.0416. The summed E-state index contributed by atoms with van der Waals surface area (Å²) in [6, 6.07) is 4.44. The molecule has 0 N–H and O–H groups in total. The largest absolute Gasteiger partial charge is 0.442 e. The molecule has 2 rings (SSSR count). The lowest BCUT2D eigenvalue weighted by atomic mass is 10.1. The lowest BCUT2D eigenvalue weighted by Crippen LogP contribution is -2.50. The predicted octanol–water partition coefficient (Wildman–Crippen LogP) is 4.49. The van der Waals surface area contributed by atoms with Gasteiger partial charge in [0.1, 0.15) is 11.4 Å². The number of carbonyl (C=O) groups excluding carboxylic acids is 1. The van der Waals surface area contributed by atoms with Gasteiger partial charge < -0.3 is 4.74 Å². The zero-order valence-corrected chi connectivity index (χ0v) is 16.6. The first-order valence-electron chi connectivity index (χ1n) is 8.08. The Balaban J connectivity index is 2.74. The van der Waals surface area contributed by atoms with E-state index in [1.54, 1.807) is 39.8 Å². The van der Waals surface area contributed by atoms with Gasteiger partial charge in [0.15, 0.2) is 0 Å². The van der Waals surface area contributed by atoms with Gasteiger partial charge in [-0.25, -0.2) is 18.9 Å². The molecule has 0 saturated heterocycles. The molecule has 0 bridgehead atoms. The minimum atomic E-state index is -0.708. The van der Waals surface area contributed by atoms with Crippen LogP contribution in [0.2, 0.25) is 0 Å². The smallest absolute Gasteiger partial charge is 0.429 e. The summed E-state index contributed by atoms with van der Waals surface area (Å²) in [5, 5.41) is 1.63. The van der Waals surface area contributed by atoms with Gasteiger partial charge >= 0.3 is 6.09 Å². The molecule has 7 heteroatoms. The number of hydrogen-bond acceptors (Lipinski definition) is 3. The molecule has 1 aromatic heterocycles. The number of ether oxygens (including phenoxy) is 1. The van der Waals surface area contributed by atoms with Crippen LogP contribution in [-0.2, 0) is 4.74 Å². The summed E-state index contributed by atoms with van der Waals surface area (Å²) in [5.74, 6) is -0.627. The fourth-order valence-electron chi connectivity index (χ4n) is 2.56. The van der Waals surface area contributed by atoms with E-state index in [4.69, 9.17) is 4.74 Å². The normalized spacial score (nSPS) is 11.6. The molecule has 1 amide bonds. The Hall–Kier alpha value is -1.89. The average Bonchev–Trinajstić information content (AvgIpc) is 2.50. The number of benzene rings is 1. The van der Waals surface area contributed by atoms with Gasteiger partial charge in [-0.15, -0.1) is 0 Å². The molecule has 0 unspecified atom stereocenters. The number of nitrogens with zero attached hydrogens (tertiary/aromatic N) is 2. The molecule has 0 aliphatic carbocycles. The van der Waals surface area contributed by atoms with E-state index in [9.17, 15) is 14.0 Å². The standard InChI is InChI=1S/C18H22BrFN2O3/c1-6-10-21(17(24)25-18(3,4)5)22-11(2)15(19)12-8-7-9-13(20)14(12)16(22)23/h7-9H,6,10H2,1-5H3. The third kappa shape index (κ3) is 3.86. The minimum absolute atomic E-state index is 0.0652. The van der Waals surface area contributed by atoms with Crippen molar-refractivity contribution in [3.8, 4) is 0 Å². The Bertz CT molecular complexity index is 871. The van der Waals surface area contributed by atoms with Crippen LogP contribution < -0.4 is 10.6 Å². The monoisotopic (exact) mass is 412 g/mol. The van der Waals surface area contributed by atoms with Crippen LogP contribution in [0.1, 0.15) is 39.8 Å². The highest BCUT2D eigenvalue weighted by atomic mass is 79.9. The van der Waals surface area contributed by atoms with Gasteiger partial charge in [-0.2, -0.15) is 0 Å². The zero-order chi connectivity index (χ0) is 18.9. The maximum Gasteiger partial charge on any atom is 0.429 e. The molecule has 0 fully saturated rings. The number of pyridine rings is 1. The van der Waals surface area contributed by atoms with Crippen molar-refractivity contribution in [2.45, 2.75) is 46.6 Å². The molecule has 2 aromatic rings. The average molecular weight is 413 g/mol. The topological polar surface area (TPSA) is 51.5 Å². The van der Waals surface area contributed by atoms with Crippen molar-refractivity contribution in [2.24, 2.45) is 0 Å². The van der Waals surface area contributed by atoms with Gasteiger partial charge in [0.05, 0.1) is 11.1 Å². The van der Waals surface area contributed by atoms with E-state index in [1.807, 2.05) is 6.92 Å². The van der Waals surface area contributed by atoms with E-state index in [-0.39, 0.29) is 11.9 Å². The van der Waals surface area contributed by atoms with Crippen LogP contribution in [0.3, 0.4) is 0 Å². The molecule has 0 spiro atoms. The van der Waals surface area contributed by atoms with Crippen molar-refractivity contribution in [2.75, 3.05) is 11.6 Å². The third-order valence-corrected chi connectivity index (χ3v) is 4.57. The van der Waals surface area contributed by atoms with E-state index in [2.05, 4.69) is 15.9 Å². The van der Waals surface area contributed by atoms with Crippen molar-refractivity contribution in [1.29, 1.82) is 0 Å². The highest BCUT2D eigenvalue weighted by Crippen LogP contribution is 2.27. The van der Waals surface area contributed by atoms with Crippen molar-refractivity contribution in [3.05, 3.63) is 44.5 Å². The third-order valence-electron chi connectivity index (χ3n) is 3.57. The summed E-state index contributed by atoms with van der Waals surface area (Å²) in [6.45, 7) is 9.10. The van der Waals surface area contributed by atoms with E-state index >= 15 is 0 Å². The molecule has 0 radical (unpaired) electrons. The Morgan fingerprint density at radius 2 is 2.00 bits per heavy atom. The maximum absolute atomic E-state index is 14.3. The van der Waals surface area contributed by atoms with E-state index in [0.717, 1.165) is 0 Å². The number of halogens is 2. The highest BCUT2D eigenvalue weighted by molar-refractivity contribution is 9.10. The number of carbonyl (C=O) groups is 1. The molecule has 0 aliphatic rings. The Morgan fingerprint density at radius 3 is 2.56 bits per heavy atom. The first kappa shape index (κ1) is 19.4. The van der Waals surface area contributed by atoms with Gasteiger partial charge in [-0.05, 0) is 56.1 Å². The van der Waals surface area contributed by atoms with Gasteiger partial charge in [0, 0.05) is 16.4 Å². The summed E-state index contributed by atoms with van der Waals surface area (Å²) in [7, 11) is 0. The van der Waals surface area contributed by atoms with Crippen LogP contribution in [0.5, 0.6) is 0 Å². The Kier molecular flexibility index (Phi) is 5.56. The lowest BCUT2D eigenvalue weighted by Gasteiger charge is -2.30. The Labute approximate surface area is 154 Å². The number of rotatable bonds is 3. The van der Waals surface area contributed by atoms with Crippen molar-refractivity contribution in [1.82, 2.24) is 4.68 Å². The van der Waals surface area contributed by atoms with Crippen molar-refractivity contribution >= 4 is 32.8 Å². The lowest BCUT2D eigenvalue weighted by molar-refractivity contribution is 0.0535. The van der Waals surface area contributed by atoms with E-state index < -0.39 is 23.1 Å². The second-order valence-corrected chi connectivity index (χ2v) is 7.58. The zero-order valence-electron chi connectivity index (χ0n) is 15.0. The SMILES string of the molecule is CCCN(C(=O)OC(C)(C)C)n1c(C)c(Br)c2cccc(F)c2c1=O. The van der Waals surface area contributed by atoms with Crippen molar-refractivity contribution in [3.63, 3.8) is 0 Å². The molecule has 136 valence electrons. The molecule has 0 saturated carbocycles. The minimum Gasteiger partial charge on any atom is -0.442 e. The van der Waals surface area contributed by atoms with Crippen LogP contribution in [-0.4, -0.2) is 22.9 Å². The van der Waals surface area contributed by atoms with E-state index in [1.165, 1.54) is 15.8 Å². The first-order chi connectivity index (χ1) is 11.6. The van der Waals surface area contributed by atoms with Crippen LogP contribution >= 0.6 is 15.9 Å². The number of hydrogen-bond donors (Lipinski definition) is 0. The van der Waals surface area contributed by atoms with Gasteiger partial charge in [-0.3, -0.25) is 4.79 Å². The number of fused-ring (bicyclic) bond motifs is 1. The Morgan fingerprint density at radius 1 is 1.36 bits per heavy atom. The van der Waals surface area contributed by atoms with Crippen LogP contribution in [0.15, 0.2) is 27.5 Å². The molecular weight excluding hydrogens is 391 g/mol. The fraction of sp³-hybridized carbons (Fsp3) is 0.444. The second kappa shape index (κ2) is 7.15. The maximum atomic E-state index is 14.3. The summed E-state index contributed by atoms with van der Waals surface area (Å²) in [5.41, 5.74) is -0.796. The van der Waals surface area contributed by atoms with Crippen LogP contribution in [0, 0.1) is 12.7 Å². The van der Waals surface area contributed by atoms with E-state index in [0.29, 0.717) is 22.0 Å². The molecular formula is C18H22BrFN2O3. The van der Waals surface area contributed by atoms with Gasteiger partial charge in [0.2, 0.25) is 0 Å². The first-order valence-corrected chi connectivity index (χ1v) is 8.88. The van der Waals surface area contributed by atoms with Gasteiger partial charge in [-0.1, -0.05) is 19.1 Å². The molecule has 5 nitrogen and oxygen atoms in total.